The number of hydrogen-bond acceptors (Lipinski definition) is 5. The van der Waals surface area contributed by atoms with Crippen LogP contribution in [-0.2, 0) is 14.3 Å². The van der Waals surface area contributed by atoms with Crippen molar-refractivity contribution in [2.24, 2.45) is 0 Å². The van der Waals surface area contributed by atoms with E-state index < -0.39 is 29.8 Å². The molecule has 2 atom stereocenters. The Morgan fingerprint density at radius 1 is 1.13 bits per heavy atom. The quantitative estimate of drug-likeness (QED) is 0.815. The van der Waals surface area contributed by atoms with Gasteiger partial charge in [0, 0.05) is 0 Å². The summed E-state index contributed by atoms with van der Waals surface area (Å²) >= 11 is 0. The lowest BCUT2D eigenvalue weighted by molar-refractivity contribution is -0.151. The first-order valence-electron chi connectivity index (χ1n) is 7.55. The third kappa shape index (κ3) is 8.09. The fourth-order valence-corrected chi connectivity index (χ4v) is 1.61. The van der Waals surface area contributed by atoms with Gasteiger partial charge in [-0.25, -0.2) is 9.59 Å². The molecule has 0 aromatic heterocycles. The highest BCUT2D eigenvalue weighted by atomic mass is 16.6. The van der Waals surface area contributed by atoms with Crippen molar-refractivity contribution < 1.29 is 23.8 Å². The van der Waals surface area contributed by atoms with E-state index in [1.54, 1.807) is 27.7 Å². The summed E-state index contributed by atoms with van der Waals surface area (Å²) in [5, 5.41) is 2.44. The molecule has 0 saturated carbocycles. The predicted molar refractivity (Wildman–Crippen MR) is 86.3 cm³/mol. The molecule has 0 spiro atoms. The predicted octanol–water partition coefficient (Wildman–Crippen LogP) is 2.91. The first kappa shape index (κ1) is 18.8. The van der Waals surface area contributed by atoms with Crippen LogP contribution in [0.15, 0.2) is 30.3 Å². The van der Waals surface area contributed by atoms with Crippen molar-refractivity contribution in [1.82, 2.24) is 5.32 Å². The molecule has 0 aliphatic heterocycles. The largest absolute Gasteiger partial charge is 0.490 e. The second kappa shape index (κ2) is 8.41. The summed E-state index contributed by atoms with van der Waals surface area (Å²) in [6.45, 7) is 8.74. The van der Waals surface area contributed by atoms with Gasteiger partial charge < -0.3 is 19.5 Å². The SMILES string of the molecule is C[C@H](NC(=O)OC(C)(C)C)C(=O)O[C@@H](C)COc1ccccc1. The number of rotatable bonds is 6. The van der Waals surface area contributed by atoms with Crippen molar-refractivity contribution >= 4 is 12.1 Å². The molecule has 0 radical (unpaired) electrons. The molecule has 0 fully saturated rings. The maximum Gasteiger partial charge on any atom is 0.408 e. The van der Waals surface area contributed by atoms with E-state index in [-0.39, 0.29) is 6.61 Å². The fourth-order valence-electron chi connectivity index (χ4n) is 1.61. The van der Waals surface area contributed by atoms with Gasteiger partial charge in [0.1, 0.15) is 30.1 Å². The minimum atomic E-state index is -0.802. The Morgan fingerprint density at radius 2 is 1.74 bits per heavy atom. The highest BCUT2D eigenvalue weighted by Crippen LogP contribution is 2.10. The Bertz CT molecular complexity index is 509. The maximum absolute atomic E-state index is 11.9. The topological polar surface area (TPSA) is 73.9 Å². The molecule has 1 N–H and O–H groups in total. The molecule has 1 rings (SSSR count). The van der Waals surface area contributed by atoms with Crippen LogP contribution in [0.1, 0.15) is 34.6 Å². The Hall–Kier alpha value is -2.24. The molecule has 0 aliphatic carbocycles. The average Bonchev–Trinajstić information content (AvgIpc) is 2.44. The minimum Gasteiger partial charge on any atom is -0.490 e. The number of para-hydroxylation sites is 1. The summed E-state index contributed by atoms with van der Waals surface area (Å²) in [5.41, 5.74) is -0.621. The maximum atomic E-state index is 11.9. The average molecular weight is 323 g/mol. The Labute approximate surface area is 137 Å². The molecule has 1 amide bonds. The van der Waals surface area contributed by atoms with E-state index in [0.29, 0.717) is 5.75 Å². The van der Waals surface area contributed by atoms with E-state index >= 15 is 0 Å². The number of hydrogen-bond donors (Lipinski definition) is 1. The van der Waals surface area contributed by atoms with Crippen molar-refractivity contribution in [2.45, 2.75) is 52.4 Å². The lowest BCUT2D eigenvalue weighted by atomic mass is 10.2. The van der Waals surface area contributed by atoms with Gasteiger partial charge in [-0.1, -0.05) is 18.2 Å². The number of nitrogens with one attached hydrogen (secondary N) is 1. The second-order valence-electron chi connectivity index (χ2n) is 6.24. The highest BCUT2D eigenvalue weighted by Gasteiger charge is 2.23. The van der Waals surface area contributed by atoms with Crippen LogP contribution in [0.4, 0.5) is 4.79 Å². The van der Waals surface area contributed by atoms with Crippen LogP contribution in [0, 0.1) is 0 Å². The van der Waals surface area contributed by atoms with Crippen LogP contribution in [0.5, 0.6) is 5.75 Å². The van der Waals surface area contributed by atoms with Gasteiger partial charge in [0.25, 0.3) is 0 Å². The number of esters is 1. The lowest BCUT2D eigenvalue weighted by Crippen LogP contribution is -2.43. The number of alkyl carbamates (subject to hydrolysis) is 1. The number of ether oxygens (including phenoxy) is 3. The third-order valence-electron chi connectivity index (χ3n) is 2.63. The zero-order chi connectivity index (χ0) is 17.5. The van der Waals surface area contributed by atoms with Gasteiger partial charge >= 0.3 is 12.1 Å². The van der Waals surface area contributed by atoms with Gasteiger partial charge in [-0.15, -0.1) is 0 Å². The van der Waals surface area contributed by atoms with E-state index in [9.17, 15) is 9.59 Å². The number of carbonyl (C=O) groups excluding carboxylic acids is 2. The molecular formula is C17H25NO5. The monoisotopic (exact) mass is 323 g/mol. The lowest BCUT2D eigenvalue weighted by Gasteiger charge is -2.22. The van der Waals surface area contributed by atoms with Crippen LogP contribution in [0.2, 0.25) is 0 Å². The van der Waals surface area contributed by atoms with Gasteiger partial charge in [0.2, 0.25) is 0 Å². The Balaban J connectivity index is 2.35. The first-order valence-corrected chi connectivity index (χ1v) is 7.55. The van der Waals surface area contributed by atoms with Gasteiger partial charge in [-0.2, -0.15) is 0 Å². The molecule has 1 aromatic rings. The molecular weight excluding hydrogens is 298 g/mol. The van der Waals surface area contributed by atoms with Gasteiger partial charge in [0.05, 0.1) is 0 Å². The molecule has 23 heavy (non-hydrogen) atoms. The standard InChI is InChI=1S/C17H25NO5/c1-12(11-21-14-9-7-6-8-10-14)22-15(19)13(2)18-16(20)23-17(3,4)5/h6-10,12-13H,11H2,1-5H3,(H,18,20)/t12-,13-/m0/s1. The summed E-state index contributed by atoms with van der Waals surface area (Å²) in [6, 6.07) is 8.45. The van der Waals surface area contributed by atoms with Crippen LogP contribution in [0.3, 0.4) is 0 Å². The van der Waals surface area contributed by atoms with Crippen molar-refractivity contribution in [3.8, 4) is 5.75 Å². The normalized spacial score (nSPS) is 13.6. The number of benzene rings is 1. The van der Waals surface area contributed by atoms with Crippen LogP contribution in [0.25, 0.3) is 0 Å². The number of amides is 1. The van der Waals surface area contributed by atoms with Crippen LogP contribution in [-0.4, -0.2) is 36.4 Å². The summed E-state index contributed by atoms with van der Waals surface area (Å²) in [4.78, 5) is 23.5. The molecule has 0 heterocycles. The summed E-state index contributed by atoms with van der Waals surface area (Å²) in [5.74, 6) is 0.162. The van der Waals surface area contributed by atoms with E-state index in [2.05, 4.69) is 5.32 Å². The molecule has 0 aliphatic rings. The van der Waals surface area contributed by atoms with Crippen molar-refractivity contribution in [3.05, 3.63) is 30.3 Å². The molecule has 0 saturated heterocycles. The first-order chi connectivity index (χ1) is 10.7. The van der Waals surface area contributed by atoms with Gasteiger partial charge in [0.15, 0.2) is 0 Å². The second-order valence-corrected chi connectivity index (χ2v) is 6.24. The minimum absolute atomic E-state index is 0.231. The zero-order valence-electron chi connectivity index (χ0n) is 14.3. The third-order valence-corrected chi connectivity index (χ3v) is 2.63. The van der Waals surface area contributed by atoms with E-state index in [0.717, 1.165) is 0 Å². The van der Waals surface area contributed by atoms with Gasteiger partial charge in [-0.05, 0) is 46.8 Å². The van der Waals surface area contributed by atoms with E-state index in [1.165, 1.54) is 6.92 Å². The highest BCUT2D eigenvalue weighted by molar-refractivity contribution is 5.81. The summed E-state index contributed by atoms with van der Waals surface area (Å²) in [6.07, 6.45) is -1.10. The molecule has 1 aromatic carbocycles. The van der Waals surface area contributed by atoms with Crippen molar-refractivity contribution in [1.29, 1.82) is 0 Å². The molecule has 0 unspecified atom stereocenters. The smallest absolute Gasteiger partial charge is 0.408 e. The van der Waals surface area contributed by atoms with E-state index in [4.69, 9.17) is 14.2 Å². The Morgan fingerprint density at radius 3 is 2.30 bits per heavy atom. The zero-order valence-corrected chi connectivity index (χ0v) is 14.3. The van der Waals surface area contributed by atoms with Crippen molar-refractivity contribution in [3.63, 3.8) is 0 Å². The summed E-state index contributed by atoms with van der Waals surface area (Å²) < 4.78 is 15.8. The van der Waals surface area contributed by atoms with Crippen molar-refractivity contribution in [2.75, 3.05) is 6.61 Å². The summed E-state index contributed by atoms with van der Waals surface area (Å²) in [7, 11) is 0. The van der Waals surface area contributed by atoms with Crippen LogP contribution < -0.4 is 10.1 Å². The molecule has 6 nitrogen and oxygen atoms in total. The van der Waals surface area contributed by atoms with Crippen LogP contribution >= 0.6 is 0 Å². The number of carbonyl (C=O) groups is 2. The molecule has 6 heteroatoms. The molecule has 128 valence electrons. The fraction of sp³-hybridized carbons (Fsp3) is 0.529. The van der Waals surface area contributed by atoms with Gasteiger partial charge in [-0.3, -0.25) is 0 Å². The molecule has 0 bridgehead atoms. The van der Waals surface area contributed by atoms with E-state index in [1.807, 2.05) is 30.3 Å². The Kier molecular flexibility index (Phi) is 6.88.